The minimum Gasteiger partial charge on any atom is -0.480 e. The molecule has 0 amide bonds. The monoisotopic (exact) mass is 221 g/mol. The lowest BCUT2D eigenvalue weighted by Crippen LogP contribution is -2.45. The second-order valence-electron chi connectivity index (χ2n) is 4.09. The molecule has 0 unspecified atom stereocenters. The van der Waals surface area contributed by atoms with Gasteiger partial charge in [0.1, 0.15) is 5.54 Å². The lowest BCUT2D eigenvalue weighted by atomic mass is 9.92. The van der Waals surface area contributed by atoms with Crippen LogP contribution in [0.25, 0.3) is 0 Å². The van der Waals surface area contributed by atoms with E-state index in [-0.39, 0.29) is 0 Å². The summed E-state index contributed by atoms with van der Waals surface area (Å²) in [6, 6.07) is 7.78. The fourth-order valence-corrected chi connectivity index (χ4v) is 1.78. The Labute approximate surface area is 96.5 Å². The van der Waals surface area contributed by atoms with Crippen molar-refractivity contribution in [2.45, 2.75) is 39.2 Å². The van der Waals surface area contributed by atoms with Crippen molar-refractivity contribution in [3.05, 3.63) is 29.8 Å². The molecule has 0 atom stereocenters. The standard InChI is InChI=1S/C13H19NO2/c1-4-13(5-2,12(15)16)14-11-8-6-7-10(3)9-11/h6-9,14H,4-5H2,1-3H3,(H,15,16). The summed E-state index contributed by atoms with van der Waals surface area (Å²) in [6.45, 7) is 5.77. The van der Waals surface area contributed by atoms with Crippen molar-refractivity contribution in [1.82, 2.24) is 0 Å². The summed E-state index contributed by atoms with van der Waals surface area (Å²) in [5.74, 6) is -0.793. The highest BCUT2D eigenvalue weighted by Gasteiger charge is 2.34. The number of anilines is 1. The number of carbonyl (C=O) groups is 1. The van der Waals surface area contributed by atoms with E-state index in [2.05, 4.69) is 5.32 Å². The highest BCUT2D eigenvalue weighted by molar-refractivity contribution is 5.82. The van der Waals surface area contributed by atoms with Crippen molar-refractivity contribution >= 4 is 11.7 Å². The zero-order chi connectivity index (χ0) is 12.2. The lowest BCUT2D eigenvalue weighted by molar-refractivity contribution is -0.142. The van der Waals surface area contributed by atoms with Gasteiger partial charge in [-0.3, -0.25) is 0 Å². The third-order valence-corrected chi connectivity index (χ3v) is 3.02. The lowest BCUT2D eigenvalue weighted by Gasteiger charge is -2.29. The van der Waals surface area contributed by atoms with Crippen LogP contribution in [0.2, 0.25) is 0 Å². The number of rotatable bonds is 5. The average molecular weight is 221 g/mol. The SMILES string of the molecule is CCC(CC)(Nc1cccc(C)c1)C(=O)O. The molecule has 0 bridgehead atoms. The fourth-order valence-electron chi connectivity index (χ4n) is 1.78. The zero-order valence-corrected chi connectivity index (χ0v) is 10.1. The van der Waals surface area contributed by atoms with Gasteiger partial charge in [0.25, 0.3) is 0 Å². The van der Waals surface area contributed by atoms with E-state index in [0.717, 1.165) is 11.3 Å². The van der Waals surface area contributed by atoms with E-state index in [0.29, 0.717) is 12.8 Å². The summed E-state index contributed by atoms with van der Waals surface area (Å²) < 4.78 is 0. The van der Waals surface area contributed by atoms with Gasteiger partial charge in [-0.2, -0.15) is 0 Å². The van der Waals surface area contributed by atoms with Crippen molar-refractivity contribution in [3.8, 4) is 0 Å². The first-order chi connectivity index (χ1) is 7.54. The molecule has 3 nitrogen and oxygen atoms in total. The van der Waals surface area contributed by atoms with Gasteiger partial charge in [-0.15, -0.1) is 0 Å². The molecule has 2 N–H and O–H groups in total. The van der Waals surface area contributed by atoms with Gasteiger partial charge in [-0.05, 0) is 37.5 Å². The van der Waals surface area contributed by atoms with Crippen LogP contribution in [-0.4, -0.2) is 16.6 Å². The number of carboxylic acid groups (broad SMARTS) is 1. The highest BCUT2D eigenvalue weighted by atomic mass is 16.4. The number of nitrogens with one attached hydrogen (secondary N) is 1. The Morgan fingerprint density at radius 3 is 2.44 bits per heavy atom. The smallest absolute Gasteiger partial charge is 0.329 e. The minimum absolute atomic E-state index is 0.562. The molecule has 0 heterocycles. The number of carboxylic acids is 1. The molecule has 0 aromatic heterocycles. The Bertz CT molecular complexity index is 370. The van der Waals surface area contributed by atoms with Gasteiger partial charge in [-0.1, -0.05) is 26.0 Å². The van der Waals surface area contributed by atoms with Crippen LogP contribution < -0.4 is 5.32 Å². The molecule has 0 aliphatic carbocycles. The third kappa shape index (κ3) is 2.54. The van der Waals surface area contributed by atoms with Crippen LogP contribution in [0.15, 0.2) is 24.3 Å². The molecule has 1 rings (SSSR count). The predicted octanol–water partition coefficient (Wildman–Crippen LogP) is 3.05. The molecule has 16 heavy (non-hydrogen) atoms. The Balaban J connectivity index is 2.96. The van der Waals surface area contributed by atoms with Crippen molar-refractivity contribution in [1.29, 1.82) is 0 Å². The number of hydrogen-bond donors (Lipinski definition) is 2. The van der Waals surface area contributed by atoms with Crippen LogP contribution >= 0.6 is 0 Å². The zero-order valence-electron chi connectivity index (χ0n) is 10.1. The molecule has 1 aromatic carbocycles. The molecule has 0 aliphatic rings. The largest absolute Gasteiger partial charge is 0.480 e. The number of hydrogen-bond acceptors (Lipinski definition) is 2. The maximum atomic E-state index is 11.3. The molecule has 0 saturated heterocycles. The maximum absolute atomic E-state index is 11.3. The molecule has 0 aliphatic heterocycles. The Morgan fingerprint density at radius 2 is 2.00 bits per heavy atom. The molecule has 0 saturated carbocycles. The van der Waals surface area contributed by atoms with E-state index < -0.39 is 11.5 Å². The number of aryl methyl sites for hydroxylation is 1. The predicted molar refractivity (Wildman–Crippen MR) is 65.8 cm³/mol. The first kappa shape index (κ1) is 12.6. The van der Waals surface area contributed by atoms with Gasteiger partial charge in [0.15, 0.2) is 0 Å². The molecule has 3 heteroatoms. The summed E-state index contributed by atoms with van der Waals surface area (Å²) in [4.78, 5) is 11.3. The van der Waals surface area contributed by atoms with E-state index >= 15 is 0 Å². The molecule has 88 valence electrons. The molecule has 0 spiro atoms. The normalized spacial score (nSPS) is 11.2. The van der Waals surface area contributed by atoms with Gasteiger partial charge >= 0.3 is 5.97 Å². The van der Waals surface area contributed by atoms with Crippen LogP contribution in [0, 0.1) is 6.92 Å². The van der Waals surface area contributed by atoms with Gasteiger partial charge < -0.3 is 10.4 Å². The highest BCUT2D eigenvalue weighted by Crippen LogP contribution is 2.23. The molecule has 0 fully saturated rings. The van der Waals surface area contributed by atoms with Crippen LogP contribution in [0.3, 0.4) is 0 Å². The summed E-state index contributed by atoms with van der Waals surface area (Å²) in [6.07, 6.45) is 1.12. The number of benzene rings is 1. The third-order valence-electron chi connectivity index (χ3n) is 3.02. The summed E-state index contributed by atoms with van der Waals surface area (Å²) >= 11 is 0. The second-order valence-corrected chi connectivity index (χ2v) is 4.09. The van der Waals surface area contributed by atoms with Crippen LogP contribution in [0.5, 0.6) is 0 Å². The Kier molecular flexibility index (Phi) is 3.93. The summed E-state index contributed by atoms with van der Waals surface area (Å²) in [5.41, 5.74) is 1.14. The molecular weight excluding hydrogens is 202 g/mol. The quantitative estimate of drug-likeness (QED) is 0.803. The molecule has 1 aromatic rings. The maximum Gasteiger partial charge on any atom is 0.329 e. The average Bonchev–Trinajstić information content (AvgIpc) is 2.25. The van der Waals surface area contributed by atoms with E-state index in [9.17, 15) is 9.90 Å². The van der Waals surface area contributed by atoms with Gasteiger partial charge in [0, 0.05) is 5.69 Å². The molecular formula is C13H19NO2. The van der Waals surface area contributed by atoms with Gasteiger partial charge in [0.05, 0.1) is 0 Å². The Hall–Kier alpha value is -1.51. The first-order valence-corrected chi connectivity index (χ1v) is 5.62. The van der Waals surface area contributed by atoms with Crippen molar-refractivity contribution < 1.29 is 9.90 Å². The van der Waals surface area contributed by atoms with E-state index in [4.69, 9.17) is 0 Å². The second kappa shape index (κ2) is 5.01. The van der Waals surface area contributed by atoms with Crippen LogP contribution in [0.4, 0.5) is 5.69 Å². The number of aliphatic carboxylic acids is 1. The van der Waals surface area contributed by atoms with Crippen LogP contribution in [0.1, 0.15) is 32.3 Å². The van der Waals surface area contributed by atoms with E-state index in [1.807, 2.05) is 45.0 Å². The molecule has 0 radical (unpaired) electrons. The van der Waals surface area contributed by atoms with Crippen molar-refractivity contribution in [2.24, 2.45) is 0 Å². The topological polar surface area (TPSA) is 49.3 Å². The van der Waals surface area contributed by atoms with E-state index in [1.165, 1.54) is 0 Å². The van der Waals surface area contributed by atoms with Crippen molar-refractivity contribution in [3.63, 3.8) is 0 Å². The summed E-state index contributed by atoms with van der Waals surface area (Å²) in [5, 5.41) is 12.4. The van der Waals surface area contributed by atoms with Gasteiger partial charge in [-0.25, -0.2) is 4.79 Å². The van der Waals surface area contributed by atoms with Gasteiger partial charge in [0.2, 0.25) is 0 Å². The first-order valence-electron chi connectivity index (χ1n) is 5.62. The van der Waals surface area contributed by atoms with Crippen molar-refractivity contribution in [2.75, 3.05) is 5.32 Å². The summed E-state index contributed by atoms with van der Waals surface area (Å²) in [7, 11) is 0. The minimum atomic E-state index is -0.853. The Morgan fingerprint density at radius 1 is 1.38 bits per heavy atom. The van der Waals surface area contributed by atoms with E-state index in [1.54, 1.807) is 0 Å². The fraction of sp³-hybridized carbons (Fsp3) is 0.462. The van der Waals surface area contributed by atoms with Crippen LogP contribution in [-0.2, 0) is 4.79 Å².